The maximum atomic E-state index is 3.83. The maximum Gasteiger partial charge on any atom is 0.0611 e. The van der Waals surface area contributed by atoms with E-state index in [-0.39, 0.29) is 0 Å². The minimum absolute atomic E-state index is 1.08. The largest absolute Gasteiger partial charge is 0.354 e. The first-order valence-electron chi connectivity index (χ1n) is 9.00. The van der Waals surface area contributed by atoms with E-state index in [1.807, 2.05) is 0 Å². The van der Waals surface area contributed by atoms with Crippen molar-refractivity contribution in [3.05, 3.63) is 89.4 Å². The summed E-state index contributed by atoms with van der Waals surface area (Å²) in [7, 11) is 0. The van der Waals surface area contributed by atoms with Crippen LogP contribution in [0.3, 0.4) is 0 Å². The lowest BCUT2D eigenvalue weighted by Gasteiger charge is -2.11. The van der Waals surface area contributed by atoms with E-state index in [4.69, 9.17) is 0 Å². The van der Waals surface area contributed by atoms with E-state index in [2.05, 4.69) is 110 Å². The Morgan fingerprint density at radius 2 is 1.19 bits per heavy atom. The Morgan fingerprint density at radius 3 is 1.89 bits per heavy atom. The topological polar surface area (TPSA) is 20.7 Å². The van der Waals surface area contributed by atoms with E-state index in [1.54, 1.807) is 0 Å². The molecule has 0 amide bonds. The molecule has 0 aliphatic heterocycles. The van der Waals surface area contributed by atoms with Gasteiger partial charge < -0.3 is 9.55 Å². The Balaban J connectivity index is 1.79. The second-order valence-electron chi connectivity index (χ2n) is 6.89. The molecule has 0 atom stereocenters. The van der Waals surface area contributed by atoms with Crippen molar-refractivity contribution in [1.82, 2.24) is 9.55 Å². The fourth-order valence-corrected chi connectivity index (χ4v) is 4.73. The monoisotopic (exact) mass is 410 g/mol. The number of H-pyrrole nitrogens is 1. The van der Waals surface area contributed by atoms with Gasteiger partial charge in [-0.1, -0.05) is 54.6 Å². The van der Waals surface area contributed by atoms with Gasteiger partial charge in [0.15, 0.2) is 0 Å². The molecule has 0 aliphatic carbocycles. The summed E-state index contributed by atoms with van der Waals surface area (Å²) in [6.45, 7) is 0. The lowest BCUT2D eigenvalue weighted by atomic mass is 10.1. The zero-order valence-corrected chi connectivity index (χ0v) is 16.0. The number of halogens is 1. The first-order chi connectivity index (χ1) is 13.3. The van der Waals surface area contributed by atoms with Crippen LogP contribution in [0, 0.1) is 0 Å². The number of nitrogens with one attached hydrogen (secondary N) is 1. The quantitative estimate of drug-likeness (QED) is 0.296. The van der Waals surface area contributed by atoms with Crippen LogP contribution in [-0.4, -0.2) is 9.55 Å². The van der Waals surface area contributed by atoms with E-state index in [0.717, 1.165) is 15.7 Å². The summed E-state index contributed by atoms with van der Waals surface area (Å²) in [5.74, 6) is 0. The molecule has 2 heterocycles. The zero-order valence-electron chi connectivity index (χ0n) is 14.4. The third-order valence-electron chi connectivity index (χ3n) is 5.39. The van der Waals surface area contributed by atoms with Crippen LogP contribution in [0.4, 0.5) is 0 Å². The molecule has 0 unspecified atom stereocenters. The number of hydrogen-bond donors (Lipinski definition) is 1. The normalized spacial score (nSPS) is 11.9. The molecule has 2 nitrogen and oxygen atoms in total. The molecular weight excluding hydrogens is 396 g/mol. The summed E-state index contributed by atoms with van der Waals surface area (Å²) in [4.78, 5) is 3.53. The van der Waals surface area contributed by atoms with Crippen LogP contribution in [0.2, 0.25) is 0 Å². The number of para-hydroxylation sites is 3. The highest BCUT2D eigenvalue weighted by Gasteiger charge is 2.15. The minimum atomic E-state index is 1.08. The Hall–Kier alpha value is -3.04. The SMILES string of the molecule is Brc1cc2[nH]c3ccccc3c2cc1-n1c2ccccc2c2ccccc21. The highest BCUT2D eigenvalue weighted by Crippen LogP contribution is 2.37. The van der Waals surface area contributed by atoms with E-state index in [1.165, 1.54) is 38.1 Å². The molecule has 6 rings (SSSR count). The van der Waals surface area contributed by atoms with Crippen molar-refractivity contribution >= 4 is 59.5 Å². The summed E-state index contributed by atoms with van der Waals surface area (Å²) in [6, 6.07) is 30.2. The van der Waals surface area contributed by atoms with Gasteiger partial charge >= 0.3 is 0 Å². The molecule has 4 aromatic carbocycles. The second kappa shape index (κ2) is 5.48. The predicted octanol–water partition coefficient (Wildman–Crippen LogP) is 7.18. The van der Waals surface area contributed by atoms with Gasteiger partial charge in [0.2, 0.25) is 0 Å². The molecule has 0 radical (unpaired) electrons. The molecule has 0 aliphatic rings. The summed E-state index contributed by atoms with van der Waals surface area (Å²) >= 11 is 3.83. The maximum absolute atomic E-state index is 3.83. The highest BCUT2D eigenvalue weighted by atomic mass is 79.9. The van der Waals surface area contributed by atoms with E-state index < -0.39 is 0 Å². The van der Waals surface area contributed by atoms with Gasteiger partial charge in [-0.15, -0.1) is 0 Å². The second-order valence-corrected chi connectivity index (χ2v) is 7.74. The summed E-state index contributed by atoms with van der Waals surface area (Å²) < 4.78 is 3.43. The molecule has 0 saturated heterocycles. The molecule has 27 heavy (non-hydrogen) atoms. The molecule has 1 N–H and O–H groups in total. The van der Waals surface area contributed by atoms with Gasteiger partial charge in [0.1, 0.15) is 0 Å². The Labute approximate surface area is 164 Å². The first kappa shape index (κ1) is 15.1. The summed E-state index contributed by atoms with van der Waals surface area (Å²) in [5, 5.41) is 5.05. The molecule has 0 spiro atoms. The number of benzene rings is 4. The molecule has 128 valence electrons. The van der Waals surface area contributed by atoms with Crippen LogP contribution >= 0.6 is 15.9 Å². The van der Waals surface area contributed by atoms with Crippen molar-refractivity contribution in [2.24, 2.45) is 0 Å². The fourth-order valence-electron chi connectivity index (χ4n) is 4.21. The van der Waals surface area contributed by atoms with Crippen molar-refractivity contribution in [3.63, 3.8) is 0 Å². The molecule has 0 bridgehead atoms. The van der Waals surface area contributed by atoms with Crippen LogP contribution in [0.15, 0.2) is 89.4 Å². The van der Waals surface area contributed by atoms with Crippen LogP contribution in [-0.2, 0) is 0 Å². The number of rotatable bonds is 1. The van der Waals surface area contributed by atoms with Crippen LogP contribution in [0.25, 0.3) is 49.3 Å². The molecule has 6 aromatic rings. The molecule has 2 aromatic heterocycles. The number of aromatic nitrogens is 2. The highest BCUT2D eigenvalue weighted by molar-refractivity contribution is 9.10. The standard InChI is InChI=1S/C24H15BrN2/c25-19-14-21-18(15-7-1-4-10-20(15)26-21)13-24(19)27-22-11-5-2-8-16(22)17-9-3-6-12-23(17)27/h1-14,26H. The van der Waals surface area contributed by atoms with Crippen molar-refractivity contribution in [3.8, 4) is 5.69 Å². The van der Waals surface area contributed by atoms with Gasteiger partial charge in [0.25, 0.3) is 0 Å². The molecular formula is C24H15BrN2. The zero-order chi connectivity index (χ0) is 18.0. The third-order valence-corrected chi connectivity index (χ3v) is 6.03. The van der Waals surface area contributed by atoms with E-state index >= 15 is 0 Å². The van der Waals surface area contributed by atoms with E-state index in [0.29, 0.717) is 0 Å². The predicted molar refractivity (Wildman–Crippen MR) is 118 cm³/mol. The average molecular weight is 411 g/mol. The van der Waals surface area contributed by atoms with Gasteiger partial charge in [0.05, 0.1) is 16.7 Å². The Kier molecular flexibility index (Phi) is 3.06. The van der Waals surface area contributed by atoms with Gasteiger partial charge in [-0.05, 0) is 46.3 Å². The summed E-state index contributed by atoms with van der Waals surface area (Å²) in [6.07, 6.45) is 0. The van der Waals surface area contributed by atoms with Crippen LogP contribution in [0.5, 0.6) is 0 Å². The Morgan fingerprint density at radius 1 is 0.593 bits per heavy atom. The smallest absolute Gasteiger partial charge is 0.0611 e. The first-order valence-corrected chi connectivity index (χ1v) is 9.79. The van der Waals surface area contributed by atoms with Gasteiger partial charge in [-0.3, -0.25) is 0 Å². The Bertz CT molecular complexity index is 1430. The fraction of sp³-hybridized carbons (Fsp3) is 0. The van der Waals surface area contributed by atoms with Crippen LogP contribution < -0.4 is 0 Å². The number of aromatic amines is 1. The lowest BCUT2D eigenvalue weighted by Crippen LogP contribution is -1.95. The number of fused-ring (bicyclic) bond motifs is 6. The van der Waals surface area contributed by atoms with Crippen molar-refractivity contribution in [2.45, 2.75) is 0 Å². The molecule has 0 fully saturated rings. The number of hydrogen-bond acceptors (Lipinski definition) is 0. The van der Waals surface area contributed by atoms with Gasteiger partial charge in [0, 0.05) is 37.1 Å². The van der Waals surface area contributed by atoms with Crippen molar-refractivity contribution < 1.29 is 0 Å². The third kappa shape index (κ3) is 2.06. The van der Waals surface area contributed by atoms with Crippen molar-refractivity contribution in [2.75, 3.05) is 0 Å². The average Bonchev–Trinajstić information content (AvgIpc) is 3.22. The minimum Gasteiger partial charge on any atom is -0.354 e. The number of nitrogens with zero attached hydrogens (tertiary/aromatic N) is 1. The molecule has 0 saturated carbocycles. The van der Waals surface area contributed by atoms with Gasteiger partial charge in [-0.25, -0.2) is 0 Å². The van der Waals surface area contributed by atoms with E-state index in [9.17, 15) is 0 Å². The van der Waals surface area contributed by atoms with Crippen LogP contribution in [0.1, 0.15) is 0 Å². The summed E-state index contributed by atoms with van der Waals surface area (Å²) in [5.41, 5.74) is 5.91. The lowest BCUT2D eigenvalue weighted by molar-refractivity contribution is 1.17. The van der Waals surface area contributed by atoms with Crippen molar-refractivity contribution in [1.29, 1.82) is 0 Å². The molecule has 3 heteroatoms. The van der Waals surface area contributed by atoms with Gasteiger partial charge in [-0.2, -0.15) is 0 Å².